The molecule has 0 spiro atoms. The van der Waals surface area contributed by atoms with E-state index in [0.29, 0.717) is 23.5 Å². The number of carbonyl (C=O) groups is 1. The molecule has 1 N–H and O–H groups in total. The van der Waals surface area contributed by atoms with Gasteiger partial charge in [0.25, 0.3) is 0 Å². The second kappa shape index (κ2) is 6.57. The molecule has 1 aliphatic rings. The highest BCUT2D eigenvalue weighted by atomic mass is 32.2. The van der Waals surface area contributed by atoms with E-state index < -0.39 is 0 Å². The van der Waals surface area contributed by atoms with Gasteiger partial charge in [-0.1, -0.05) is 11.8 Å². The lowest BCUT2D eigenvalue weighted by Crippen LogP contribution is -2.11. The van der Waals surface area contributed by atoms with Crippen molar-refractivity contribution in [3.63, 3.8) is 0 Å². The topological polar surface area (TPSA) is 73.4 Å². The van der Waals surface area contributed by atoms with E-state index in [9.17, 15) is 4.79 Å². The van der Waals surface area contributed by atoms with Crippen molar-refractivity contribution >= 4 is 28.6 Å². The van der Waals surface area contributed by atoms with Crippen LogP contribution in [0.5, 0.6) is 17.2 Å². The van der Waals surface area contributed by atoms with Gasteiger partial charge >= 0.3 is 0 Å². The lowest BCUT2D eigenvalue weighted by molar-refractivity contribution is 0.1000. The number of fused-ring (bicyclic) bond motifs is 2. The molecule has 0 aliphatic heterocycles. The minimum atomic E-state index is -0.218. The summed E-state index contributed by atoms with van der Waals surface area (Å²) in [6.07, 6.45) is 0.638. The lowest BCUT2D eigenvalue weighted by Gasteiger charge is -2.09. The lowest BCUT2D eigenvalue weighted by atomic mass is 10.1. The number of aromatic amines is 1. The van der Waals surface area contributed by atoms with Crippen LogP contribution in [0.3, 0.4) is 0 Å². The van der Waals surface area contributed by atoms with Crippen molar-refractivity contribution in [1.29, 1.82) is 0 Å². The SMILES string of the molecule is COc1ccc2nc(SC3Cc4cc(OC)c(OC)cc4C3=O)[nH]c2c1. The molecule has 0 fully saturated rings. The molecule has 3 aromatic rings. The zero-order chi connectivity index (χ0) is 18.3. The summed E-state index contributed by atoms with van der Waals surface area (Å²) >= 11 is 1.44. The first-order valence-corrected chi connectivity index (χ1v) is 9.00. The van der Waals surface area contributed by atoms with Crippen molar-refractivity contribution in [2.45, 2.75) is 16.8 Å². The molecule has 0 radical (unpaired) electrons. The normalized spacial score (nSPS) is 16.0. The average molecular weight is 370 g/mol. The number of carbonyl (C=O) groups excluding carboxylic acids is 1. The van der Waals surface area contributed by atoms with Gasteiger partial charge in [-0.25, -0.2) is 4.98 Å². The van der Waals surface area contributed by atoms with Gasteiger partial charge in [0.15, 0.2) is 22.4 Å². The van der Waals surface area contributed by atoms with Crippen LogP contribution in [0.25, 0.3) is 11.0 Å². The summed E-state index contributed by atoms with van der Waals surface area (Å²) in [7, 11) is 4.79. The molecule has 1 atom stereocenters. The van der Waals surface area contributed by atoms with E-state index in [1.807, 2.05) is 24.3 Å². The Morgan fingerprint density at radius 3 is 2.58 bits per heavy atom. The number of nitrogens with one attached hydrogen (secondary N) is 1. The predicted octanol–water partition coefficient (Wildman–Crippen LogP) is 3.49. The molecule has 2 aromatic carbocycles. The highest BCUT2D eigenvalue weighted by Gasteiger charge is 2.33. The summed E-state index contributed by atoms with van der Waals surface area (Å²) in [6.45, 7) is 0. The van der Waals surface area contributed by atoms with Crippen LogP contribution in [0, 0.1) is 0 Å². The zero-order valence-electron chi connectivity index (χ0n) is 14.7. The summed E-state index contributed by atoms with van der Waals surface area (Å²) in [5.41, 5.74) is 3.40. The Kier molecular flexibility index (Phi) is 4.24. The fourth-order valence-electron chi connectivity index (χ4n) is 3.16. The summed E-state index contributed by atoms with van der Waals surface area (Å²) in [5, 5.41) is 0.502. The number of aromatic nitrogens is 2. The molecular formula is C19H18N2O4S. The first-order chi connectivity index (χ1) is 12.6. The van der Waals surface area contributed by atoms with Crippen molar-refractivity contribution in [1.82, 2.24) is 9.97 Å². The molecule has 4 rings (SSSR count). The molecule has 0 amide bonds. The van der Waals surface area contributed by atoms with Crippen molar-refractivity contribution in [2.24, 2.45) is 0 Å². The van der Waals surface area contributed by atoms with Gasteiger partial charge < -0.3 is 19.2 Å². The molecule has 0 bridgehead atoms. The van der Waals surface area contributed by atoms with Gasteiger partial charge in [0, 0.05) is 11.6 Å². The van der Waals surface area contributed by atoms with Crippen molar-refractivity contribution < 1.29 is 19.0 Å². The van der Waals surface area contributed by atoms with E-state index >= 15 is 0 Å². The van der Waals surface area contributed by atoms with Gasteiger partial charge in [0.2, 0.25) is 0 Å². The van der Waals surface area contributed by atoms with Gasteiger partial charge in [-0.3, -0.25) is 4.79 Å². The van der Waals surface area contributed by atoms with Gasteiger partial charge in [-0.05, 0) is 36.2 Å². The Balaban J connectivity index is 1.60. The van der Waals surface area contributed by atoms with E-state index in [0.717, 1.165) is 27.5 Å². The molecular weight excluding hydrogens is 352 g/mol. The summed E-state index contributed by atoms with van der Waals surface area (Å²) in [5.74, 6) is 2.06. The number of ketones is 1. The van der Waals surface area contributed by atoms with E-state index in [4.69, 9.17) is 14.2 Å². The number of thioether (sulfide) groups is 1. The van der Waals surface area contributed by atoms with Crippen LogP contribution in [-0.2, 0) is 6.42 Å². The Labute approximate surface area is 154 Å². The largest absolute Gasteiger partial charge is 0.497 e. The van der Waals surface area contributed by atoms with Crippen molar-refractivity contribution in [3.05, 3.63) is 41.5 Å². The highest BCUT2D eigenvalue weighted by Crippen LogP contribution is 2.39. The Morgan fingerprint density at radius 2 is 1.85 bits per heavy atom. The maximum absolute atomic E-state index is 12.8. The van der Waals surface area contributed by atoms with Crippen molar-refractivity contribution in [3.8, 4) is 17.2 Å². The van der Waals surface area contributed by atoms with Crippen LogP contribution in [0.2, 0.25) is 0 Å². The van der Waals surface area contributed by atoms with Gasteiger partial charge in [0.1, 0.15) is 5.75 Å². The third kappa shape index (κ3) is 2.78. The zero-order valence-corrected chi connectivity index (χ0v) is 15.5. The minimum Gasteiger partial charge on any atom is -0.497 e. The number of benzene rings is 2. The third-order valence-electron chi connectivity index (χ3n) is 4.49. The third-order valence-corrected chi connectivity index (χ3v) is 5.58. The molecule has 6 nitrogen and oxygen atoms in total. The summed E-state index contributed by atoms with van der Waals surface area (Å²) < 4.78 is 15.9. The van der Waals surface area contributed by atoms with E-state index in [-0.39, 0.29) is 11.0 Å². The average Bonchev–Trinajstić information content (AvgIpc) is 3.20. The van der Waals surface area contributed by atoms with Crippen LogP contribution < -0.4 is 14.2 Å². The van der Waals surface area contributed by atoms with Crippen LogP contribution >= 0.6 is 11.8 Å². The number of hydrogen-bond donors (Lipinski definition) is 1. The molecule has 7 heteroatoms. The fraction of sp³-hybridized carbons (Fsp3) is 0.263. The molecule has 0 saturated carbocycles. The standard InChI is InChI=1S/C19H18N2O4S/c1-23-11-4-5-13-14(8-11)21-19(20-13)26-17-7-10-6-15(24-2)16(25-3)9-12(10)18(17)22/h4-6,8-9,17H,7H2,1-3H3,(H,20,21). The number of Topliss-reactive ketones (excluding diaryl/α,β-unsaturated/α-hetero) is 1. The van der Waals surface area contributed by atoms with Crippen LogP contribution in [0.15, 0.2) is 35.5 Å². The molecule has 0 saturated heterocycles. The number of rotatable bonds is 5. The molecule has 134 valence electrons. The maximum Gasteiger partial charge on any atom is 0.177 e. The van der Waals surface area contributed by atoms with Gasteiger partial charge in [0.05, 0.1) is 37.6 Å². The van der Waals surface area contributed by atoms with E-state index in [2.05, 4.69) is 9.97 Å². The summed E-state index contributed by atoms with van der Waals surface area (Å²) in [6, 6.07) is 9.31. The number of methoxy groups -OCH3 is 3. The van der Waals surface area contributed by atoms with Crippen molar-refractivity contribution in [2.75, 3.05) is 21.3 Å². The molecule has 1 aliphatic carbocycles. The van der Waals surface area contributed by atoms with Crippen LogP contribution in [0.1, 0.15) is 15.9 Å². The van der Waals surface area contributed by atoms with Crippen LogP contribution in [-0.4, -0.2) is 42.3 Å². The quantitative estimate of drug-likeness (QED) is 0.741. The first-order valence-electron chi connectivity index (χ1n) is 8.12. The molecule has 1 aromatic heterocycles. The summed E-state index contributed by atoms with van der Waals surface area (Å²) in [4.78, 5) is 20.6. The predicted molar refractivity (Wildman–Crippen MR) is 99.9 cm³/mol. The fourth-order valence-corrected chi connectivity index (χ4v) is 4.25. The van der Waals surface area contributed by atoms with E-state index in [1.54, 1.807) is 27.4 Å². The van der Waals surface area contributed by atoms with Crippen LogP contribution in [0.4, 0.5) is 0 Å². The Bertz CT molecular complexity index is 999. The van der Waals surface area contributed by atoms with E-state index in [1.165, 1.54) is 11.8 Å². The van der Waals surface area contributed by atoms with Gasteiger partial charge in [-0.15, -0.1) is 0 Å². The first kappa shape index (κ1) is 16.8. The molecule has 26 heavy (non-hydrogen) atoms. The second-order valence-corrected chi connectivity index (χ2v) is 7.16. The Morgan fingerprint density at radius 1 is 1.08 bits per heavy atom. The highest BCUT2D eigenvalue weighted by molar-refractivity contribution is 8.00. The number of H-pyrrole nitrogens is 1. The molecule has 1 unspecified atom stereocenters. The minimum absolute atomic E-state index is 0.0870. The number of hydrogen-bond acceptors (Lipinski definition) is 6. The monoisotopic (exact) mass is 370 g/mol. The maximum atomic E-state index is 12.8. The second-order valence-electron chi connectivity index (χ2n) is 5.96. The van der Waals surface area contributed by atoms with Gasteiger partial charge in [-0.2, -0.15) is 0 Å². The number of nitrogens with zero attached hydrogens (tertiary/aromatic N) is 1. The number of ether oxygens (including phenoxy) is 3. The smallest absolute Gasteiger partial charge is 0.177 e. The molecule has 1 heterocycles. The Hall–Kier alpha value is -2.67. The number of imidazole rings is 1.